The Hall–Kier alpha value is 0.01000. The number of aryl methyl sites for hydroxylation is 1. The molecule has 0 aliphatic carbocycles. The molecule has 0 saturated heterocycles. The SMILES string of the molecule is CCCNC(CCc1cccs1)CSC(C)CC. The van der Waals surface area contributed by atoms with Gasteiger partial charge in [0.2, 0.25) is 0 Å². The Labute approximate surface area is 121 Å². The van der Waals surface area contributed by atoms with Crippen molar-refractivity contribution in [1.82, 2.24) is 5.32 Å². The molecule has 0 amide bonds. The molecule has 104 valence electrons. The first-order valence-corrected chi connectivity index (χ1v) is 9.06. The molecule has 0 radical (unpaired) electrons. The van der Waals surface area contributed by atoms with Crippen molar-refractivity contribution in [3.05, 3.63) is 22.4 Å². The minimum absolute atomic E-state index is 0.672. The standard InChI is InChI=1S/C15H27NS2/c1-4-10-16-14(12-18-13(3)5-2)8-9-15-7-6-11-17-15/h6-7,11,13-14,16H,4-5,8-10,12H2,1-3H3. The van der Waals surface area contributed by atoms with Gasteiger partial charge in [0.1, 0.15) is 0 Å². The van der Waals surface area contributed by atoms with E-state index >= 15 is 0 Å². The predicted octanol–water partition coefficient (Wildman–Crippen LogP) is 4.58. The predicted molar refractivity (Wildman–Crippen MR) is 86.9 cm³/mol. The zero-order chi connectivity index (χ0) is 13.2. The van der Waals surface area contributed by atoms with Gasteiger partial charge in [0.15, 0.2) is 0 Å². The molecule has 3 heteroatoms. The van der Waals surface area contributed by atoms with Gasteiger partial charge in [-0.15, -0.1) is 11.3 Å². The summed E-state index contributed by atoms with van der Waals surface area (Å²) in [6, 6.07) is 5.08. The topological polar surface area (TPSA) is 12.0 Å². The van der Waals surface area contributed by atoms with Crippen LogP contribution in [0.1, 0.15) is 44.9 Å². The summed E-state index contributed by atoms with van der Waals surface area (Å²) in [7, 11) is 0. The van der Waals surface area contributed by atoms with Crippen molar-refractivity contribution in [2.75, 3.05) is 12.3 Å². The Morgan fingerprint density at radius 2 is 2.22 bits per heavy atom. The van der Waals surface area contributed by atoms with Gasteiger partial charge in [-0.2, -0.15) is 11.8 Å². The number of rotatable bonds is 10. The van der Waals surface area contributed by atoms with E-state index in [0.717, 1.165) is 11.8 Å². The highest BCUT2D eigenvalue weighted by Crippen LogP contribution is 2.18. The van der Waals surface area contributed by atoms with Crippen molar-refractivity contribution in [2.45, 2.75) is 57.7 Å². The zero-order valence-electron chi connectivity index (χ0n) is 11.9. The van der Waals surface area contributed by atoms with E-state index in [2.05, 4.69) is 55.4 Å². The fourth-order valence-corrected chi connectivity index (χ4v) is 3.57. The third-order valence-electron chi connectivity index (χ3n) is 3.16. The molecule has 18 heavy (non-hydrogen) atoms. The maximum Gasteiger partial charge on any atom is 0.0161 e. The van der Waals surface area contributed by atoms with Gasteiger partial charge in [-0.1, -0.05) is 26.8 Å². The monoisotopic (exact) mass is 285 g/mol. The molecule has 1 N–H and O–H groups in total. The second-order valence-corrected chi connectivity index (χ2v) is 7.32. The Balaban J connectivity index is 2.29. The van der Waals surface area contributed by atoms with Crippen LogP contribution in [0.5, 0.6) is 0 Å². The van der Waals surface area contributed by atoms with Crippen LogP contribution in [-0.4, -0.2) is 23.6 Å². The molecular weight excluding hydrogens is 258 g/mol. The second-order valence-electron chi connectivity index (χ2n) is 4.82. The first kappa shape index (κ1) is 16.1. The fraction of sp³-hybridized carbons (Fsp3) is 0.733. The Bertz CT molecular complexity index is 285. The molecule has 0 spiro atoms. The first-order valence-electron chi connectivity index (χ1n) is 7.13. The van der Waals surface area contributed by atoms with Crippen LogP contribution in [0.25, 0.3) is 0 Å². The number of hydrogen-bond donors (Lipinski definition) is 1. The van der Waals surface area contributed by atoms with Crippen LogP contribution in [0.2, 0.25) is 0 Å². The van der Waals surface area contributed by atoms with Crippen LogP contribution in [-0.2, 0) is 6.42 Å². The lowest BCUT2D eigenvalue weighted by Gasteiger charge is -2.19. The van der Waals surface area contributed by atoms with Crippen LogP contribution in [0, 0.1) is 0 Å². The van der Waals surface area contributed by atoms with Gasteiger partial charge in [0.05, 0.1) is 0 Å². The van der Waals surface area contributed by atoms with Gasteiger partial charge in [-0.25, -0.2) is 0 Å². The van der Waals surface area contributed by atoms with E-state index in [-0.39, 0.29) is 0 Å². The van der Waals surface area contributed by atoms with E-state index in [1.54, 1.807) is 0 Å². The van der Waals surface area contributed by atoms with Crippen LogP contribution in [0.4, 0.5) is 0 Å². The molecule has 2 atom stereocenters. The van der Waals surface area contributed by atoms with E-state index in [4.69, 9.17) is 0 Å². The summed E-state index contributed by atoms with van der Waals surface area (Å²) in [5.41, 5.74) is 0. The molecule has 1 aromatic heterocycles. The second kappa shape index (κ2) is 9.88. The highest BCUT2D eigenvalue weighted by Gasteiger charge is 2.10. The molecule has 0 aliphatic rings. The number of hydrogen-bond acceptors (Lipinski definition) is 3. The summed E-state index contributed by atoms with van der Waals surface area (Å²) in [4.78, 5) is 1.52. The molecule has 0 bridgehead atoms. The average molecular weight is 286 g/mol. The average Bonchev–Trinajstić information content (AvgIpc) is 2.90. The zero-order valence-corrected chi connectivity index (χ0v) is 13.6. The minimum atomic E-state index is 0.672. The Morgan fingerprint density at radius 3 is 2.83 bits per heavy atom. The van der Waals surface area contributed by atoms with Gasteiger partial charge in [-0.3, -0.25) is 0 Å². The molecule has 0 aliphatic heterocycles. The third-order valence-corrected chi connectivity index (χ3v) is 5.59. The number of thiophene rings is 1. The quantitative estimate of drug-likeness (QED) is 0.675. The molecule has 2 unspecified atom stereocenters. The molecule has 1 aromatic rings. The van der Waals surface area contributed by atoms with E-state index in [0.29, 0.717) is 6.04 Å². The lowest BCUT2D eigenvalue weighted by atomic mass is 10.1. The van der Waals surface area contributed by atoms with Gasteiger partial charge in [-0.05, 0) is 43.7 Å². The van der Waals surface area contributed by atoms with Crippen molar-refractivity contribution in [1.29, 1.82) is 0 Å². The molecule has 0 aromatic carbocycles. The molecule has 1 rings (SSSR count). The summed E-state index contributed by atoms with van der Waals surface area (Å²) >= 11 is 4.00. The van der Waals surface area contributed by atoms with Crippen LogP contribution in [0.15, 0.2) is 17.5 Å². The van der Waals surface area contributed by atoms with Crippen molar-refractivity contribution in [3.63, 3.8) is 0 Å². The van der Waals surface area contributed by atoms with Gasteiger partial charge in [0, 0.05) is 21.9 Å². The smallest absolute Gasteiger partial charge is 0.0161 e. The maximum absolute atomic E-state index is 3.70. The van der Waals surface area contributed by atoms with Gasteiger partial charge < -0.3 is 5.32 Å². The summed E-state index contributed by atoms with van der Waals surface area (Å²) in [6.07, 6.45) is 4.99. The molecular formula is C15H27NS2. The molecule has 1 heterocycles. The fourth-order valence-electron chi connectivity index (χ4n) is 1.76. The lowest BCUT2D eigenvalue weighted by molar-refractivity contribution is 0.521. The van der Waals surface area contributed by atoms with Crippen LogP contribution in [0.3, 0.4) is 0 Å². The van der Waals surface area contributed by atoms with E-state index in [9.17, 15) is 0 Å². The molecule has 0 saturated carbocycles. The molecule has 0 fully saturated rings. The summed E-state index contributed by atoms with van der Waals surface area (Å²) in [5, 5.41) is 6.66. The van der Waals surface area contributed by atoms with E-state index < -0.39 is 0 Å². The normalized spacial score (nSPS) is 14.6. The number of thioether (sulfide) groups is 1. The number of nitrogens with one attached hydrogen (secondary N) is 1. The van der Waals surface area contributed by atoms with E-state index in [1.165, 1.54) is 36.3 Å². The van der Waals surface area contributed by atoms with Crippen LogP contribution < -0.4 is 5.32 Å². The Morgan fingerprint density at radius 1 is 1.39 bits per heavy atom. The summed E-state index contributed by atoms with van der Waals surface area (Å²) in [6.45, 7) is 8.00. The summed E-state index contributed by atoms with van der Waals surface area (Å²) < 4.78 is 0. The lowest BCUT2D eigenvalue weighted by Crippen LogP contribution is -2.33. The van der Waals surface area contributed by atoms with Crippen molar-refractivity contribution in [3.8, 4) is 0 Å². The van der Waals surface area contributed by atoms with Gasteiger partial charge >= 0.3 is 0 Å². The highest BCUT2D eigenvalue weighted by atomic mass is 32.2. The molecule has 1 nitrogen and oxygen atoms in total. The highest BCUT2D eigenvalue weighted by molar-refractivity contribution is 7.99. The van der Waals surface area contributed by atoms with Crippen molar-refractivity contribution >= 4 is 23.1 Å². The first-order chi connectivity index (χ1) is 8.76. The Kier molecular flexibility index (Phi) is 8.82. The largest absolute Gasteiger partial charge is 0.313 e. The van der Waals surface area contributed by atoms with Gasteiger partial charge in [0.25, 0.3) is 0 Å². The third kappa shape index (κ3) is 6.81. The van der Waals surface area contributed by atoms with E-state index in [1.807, 2.05) is 11.3 Å². The van der Waals surface area contributed by atoms with Crippen LogP contribution >= 0.6 is 23.1 Å². The maximum atomic E-state index is 3.70. The minimum Gasteiger partial charge on any atom is -0.313 e. The van der Waals surface area contributed by atoms with Crippen molar-refractivity contribution in [2.24, 2.45) is 0 Å². The van der Waals surface area contributed by atoms with Crippen molar-refractivity contribution < 1.29 is 0 Å². The summed E-state index contributed by atoms with van der Waals surface area (Å²) in [5.74, 6) is 1.25.